The van der Waals surface area contributed by atoms with Crippen LogP contribution < -0.4 is 4.90 Å². The van der Waals surface area contributed by atoms with Gasteiger partial charge in [0.25, 0.3) is 5.91 Å². The molecule has 3 aromatic rings. The van der Waals surface area contributed by atoms with E-state index in [-0.39, 0.29) is 5.91 Å². The summed E-state index contributed by atoms with van der Waals surface area (Å²) in [7, 11) is 0. The summed E-state index contributed by atoms with van der Waals surface area (Å²) >= 11 is 0. The lowest BCUT2D eigenvalue weighted by Gasteiger charge is -2.24. The first-order chi connectivity index (χ1) is 14.0. The Morgan fingerprint density at radius 3 is 2.31 bits per heavy atom. The molecule has 0 saturated carbocycles. The van der Waals surface area contributed by atoms with Crippen molar-refractivity contribution in [3.8, 4) is 0 Å². The molecule has 5 nitrogen and oxygen atoms in total. The van der Waals surface area contributed by atoms with Crippen molar-refractivity contribution in [2.45, 2.75) is 34.2 Å². The maximum absolute atomic E-state index is 13.2. The highest BCUT2D eigenvalue weighted by atomic mass is 16.2. The van der Waals surface area contributed by atoms with E-state index in [0.717, 1.165) is 23.6 Å². The number of hydrogen-bond acceptors (Lipinski definition) is 4. The van der Waals surface area contributed by atoms with Crippen LogP contribution in [0.15, 0.2) is 60.7 Å². The van der Waals surface area contributed by atoms with E-state index < -0.39 is 0 Å². The molecule has 29 heavy (non-hydrogen) atoms. The Labute approximate surface area is 173 Å². The second-order valence-electron chi connectivity index (χ2n) is 7.05. The fourth-order valence-corrected chi connectivity index (χ4v) is 3.37. The van der Waals surface area contributed by atoms with Gasteiger partial charge in [-0.1, -0.05) is 42.5 Å². The smallest absolute Gasteiger partial charge is 0.272 e. The van der Waals surface area contributed by atoms with Crippen molar-refractivity contribution in [2.75, 3.05) is 18.0 Å². The zero-order valence-electron chi connectivity index (χ0n) is 17.6. The number of amides is 1. The molecule has 0 saturated heterocycles. The highest BCUT2D eigenvalue weighted by Gasteiger charge is 2.19. The second-order valence-corrected chi connectivity index (χ2v) is 7.05. The van der Waals surface area contributed by atoms with Gasteiger partial charge in [0.2, 0.25) is 0 Å². The first kappa shape index (κ1) is 20.5. The fraction of sp³-hybridized carbons (Fsp3) is 0.292. The molecular weight excluding hydrogens is 360 g/mol. The third kappa shape index (κ3) is 4.99. The number of hydrogen-bond donors (Lipinski definition) is 0. The van der Waals surface area contributed by atoms with E-state index in [4.69, 9.17) is 0 Å². The molecule has 2 aromatic carbocycles. The molecule has 0 N–H and O–H groups in total. The van der Waals surface area contributed by atoms with Crippen LogP contribution in [0.2, 0.25) is 0 Å². The number of carbonyl (C=O) groups excluding carboxylic acids is 1. The van der Waals surface area contributed by atoms with Crippen LogP contribution in [0, 0.1) is 13.8 Å². The molecule has 1 heterocycles. The van der Waals surface area contributed by atoms with E-state index in [2.05, 4.69) is 46.9 Å². The molecule has 0 atom stereocenters. The van der Waals surface area contributed by atoms with E-state index in [1.807, 2.05) is 55.1 Å². The topological polar surface area (TPSA) is 49.3 Å². The van der Waals surface area contributed by atoms with Crippen LogP contribution in [0.4, 0.5) is 11.5 Å². The summed E-state index contributed by atoms with van der Waals surface area (Å²) < 4.78 is 0. The lowest BCUT2D eigenvalue weighted by molar-refractivity contribution is 0.0746. The number of anilines is 2. The minimum atomic E-state index is -0.0802. The van der Waals surface area contributed by atoms with Crippen LogP contribution in [-0.2, 0) is 6.54 Å². The predicted octanol–water partition coefficient (Wildman–Crippen LogP) is 4.91. The first-order valence-corrected chi connectivity index (χ1v) is 10.0. The summed E-state index contributed by atoms with van der Waals surface area (Å²) in [6.45, 7) is 9.88. The number of rotatable bonds is 7. The van der Waals surface area contributed by atoms with Gasteiger partial charge >= 0.3 is 0 Å². The van der Waals surface area contributed by atoms with Crippen molar-refractivity contribution >= 4 is 17.4 Å². The molecular formula is C24H28N4O. The summed E-state index contributed by atoms with van der Waals surface area (Å²) in [5, 5.41) is 0. The van der Waals surface area contributed by atoms with Gasteiger partial charge in [-0.15, -0.1) is 0 Å². The summed E-state index contributed by atoms with van der Waals surface area (Å²) in [4.78, 5) is 26.2. The molecule has 3 rings (SSSR count). The van der Waals surface area contributed by atoms with Crippen LogP contribution in [0.1, 0.15) is 41.3 Å². The van der Waals surface area contributed by atoms with Gasteiger partial charge in [-0.2, -0.15) is 0 Å². The fourth-order valence-electron chi connectivity index (χ4n) is 3.37. The summed E-state index contributed by atoms with van der Waals surface area (Å²) in [5.74, 6) is 1.25. The third-order valence-corrected chi connectivity index (χ3v) is 4.83. The molecule has 1 aromatic heterocycles. The van der Waals surface area contributed by atoms with Crippen LogP contribution in [0.3, 0.4) is 0 Å². The summed E-state index contributed by atoms with van der Waals surface area (Å²) in [5.41, 5.74) is 3.77. The van der Waals surface area contributed by atoms with Crippen molar-refractivity contribution in [1.29, 1.82) is 0 Å². The lowest BCUT2D eigenvalue weighted by atomic mass is 10.2. The zero-order chi connectivity index (χ0) is 20.8. The quantitative estimate of drug-likeness (QED) is 0.577. The van der Waals surface area contributed by atoms with Gasteiger partial charge in [0.05, 0.1) is 0 Å². The van der Waals surface area contributed by atoms with Crippen LogP contribution in [0.5, 0.6) is 0 Å². The van der Waals surface area contributed by atoms with Crippen LogP contribution in [-0.4, -0.2) is 33.9 Å². The minimum absolute atomic E-state index is 0.0802. The van der Waals surface area contributed by atoms with E-state index in [1.165, 1.54) is 5.56 Å². The van der Waals surface area contributed by atoms with Gasteiger partial charge in [0.1, 0.15) is 17.3 Å². The molecule has 0 fully saturated rings. The van der Waals surface area contributed by atoms with E-state index in [9.17, 15) is 4.79 Å². The molecule has 1 amide bonds. The number of carbonyl (C=O) groups is 1. The zero-order valence-corrected chi connectivity index (χ0v) is 17.6. The van der Waals surface area contributed by atoms with Crippen molar-refractivity contribution in [3.63, 3.8) is 0 Å². The minimum Gasteiger partial charge on any atom is -0.333 e. The molecule has 0 spiro atoms. The maximum Gasteiger partial charge on any atom is 0.272 e. The largest absolute Gasteiger partial charge is 0.333 e. The lowest BCUT2D eigenvalue weighted by Crippen LogP contribution is -2.31. The molecule has 0 bridgehead atoms. The van der Waals surface area contributed by atoms with Gasteiger partial charge in [-0.3, -0.25) is 4.79 Å². The van der Waals surface area contributed by atoms with E-state index in [0.29, 0.717) is 24.6 Å². The SMILES string of the molecule is CCN(Cc1ccccc1)C(=O)c1cc(N(CC)c2cccc(C)c2)nc(C)n1. The average Bonchev–Trinajstić information content (AvgIpc) is 2.72. The van der Waals surface area contributed by atoms with Crippen LogP contribution in [0.25, 0.3) is 0 Å². The molecule has 0 aliphatic carbocycles. The second kappa shape index (κ2) is 9.32. The van der Waals surface area contributed by atoms with E-state index in [1.54, 1.807) is 6.07 Å². The Morgan fingerprint density at radius 1 is 0.897 bits per heavy atom. The molecule has 150 valence electrons. The molecule has 0 aliphatic heterocycles. The molecule has 5 heteroatoms. The van der Waals surface area contributed by atoms with Crippen molar-refractivity contribution in [3.05, 3.63) is 83.3 Å². The van der Waals surface area contributed by atoms with Gasteiger partial charge in [0, 0.05) is 31.4 Å². The highest BCUT2D eigenvalue weighted by Crippen LogP contribution is 2.25. The van der Waals surface area contributed by atoms with E-state index >= 15 is 0 Å². The Morgan fingerprint density at radius 2 is 1.66 bits per heavy atom. The maximum atomic E-state index is 13.2. The summed E-state index contributed by atoms with van der Waals surface area (Å²) in [6, 6.07) is 20.1. The van der Waals surface area contributed by atoms with Crippen molar-refractivity contribution in [2.24, 2.45) is 0 Å². The van der Waals surface area contributed by atoms with Gasteiger partial charge in [-0.25, -0.2) is 9.97 Å². The molecule has 0 unspecified atom stereocenters. The molecule has 0 radical (unpaired) electrons. The standard InChI is InChI=1S/C24H28N4O/c1-5-27(17-20-12-8-7-9-13-20)24(29)22-16-23(26-19(4)25-22)28(6-2)21-14-10-11-18(3)15-21/h7-16H,5-6,17H2,1-4H3. The number of aryl methyl sites for hydroxylation is 2. The molecule has 0 aliphatic rings. The Kier molecular flexibility index (Phi) is 6.60. The Balaban J connectivity index is 1.91. The van der Waals surface area contributed by atoms with Gasteiger partial charge in [0.15, 0.2) is 0 Å². The van der Waals surface area contributed by atoms with Crippen LogP contribution >= 0.6 is 0 Å². The Hall–Kier alpha value is -3.21. The monoisotopic (exact) mass is 388 g/mol. The van der Waals surface area contributed by atoms with Crippen molar-refractivity contribution < 1.29 is 4.79 Å². The van der Waals surface area contributed by atoms with Gasteiger partial charge in [-0.05, 0) is 51.0 Å². The Bertz CT molecular complexity index is 972. The number of nitrogens with zero attached hydrogens (tertiary/aromatic N) is 4. The highest BCUT2D eigenvalue weighted by molar-refractivity contribution is 5.93. The number of benzene rings is 2. The third-order valence-electron chi connectivity index (χ3n) is 4.83. The number of aromatic nitrogens is 2. The normalized spacial score (nSPS) is 10.6. The predicted molar refractivity (Wildman–Crippen MR) is 117 cm³/mol. The first-order valence-electron chi connectivity index (χ1n) is 10.0. The summed E-state index contributed by atoms with van der Waals surface area (Å²) in [6.07, 6.45) is 0. The average molecular weight is 389 g/mol. The van der Waals surface area contributed by atoms with Gasteiger partial charge < -0.3 is 9.80 Å². The van der Waals surface area contributed by atoms with Crippen molar-refractivity contribution in [1.82, 2.24) is 14.9 Å².